The fourth-order valence-corrected chi connectivity index (χ4v) is 1.47. The Morgan fingerprint density at radius 3 is 2.47 bits per heavy atom. The molecule has 0 saturated heterocycles. The Morgan fingerprint density at radius 1 is 1.32 bits per heavy atom. The molecule has 106 valence electrons. The summed E-state index contributed by atoms with van der Waals surface area (Å²) in [6, 6.07) is 3.86. The number of rotatable bonds is 5. The van der Waals surface area contributed by atoms with E-state index < -0.39 is 11.6 Å². The molecule has 0 fully saturated rings. The minimum atomic E-state index is -0.522. The summed E-state index contributed by atoms with van der Waals surface area (Å²) in [4.78, 5) is 3.96. The van der Waals surface area contributed by atoms with Gasteiger partial charge in [0.15, 0.2) is 5.96 Å². The largest absolute Gasteiger partial charge is 0.356 e. The SMILES string of the molecule is C=CCNC(=NC)NCCc1c(F)cccc1F.I. The lowest BCUT2D eigenvalue weighted by molar-refractivity contribution is 0.553. The van der Waals surface area contributed by atoms with E-state index in [4.69, 9.17) is 0 Å². The van der Waals surface area contributed by atoms with Crippen LogP contribution in [0.4, 0.5) is 8.78 Å². The number of nitrogens with one attached hydrogen (secondary N) is 2. The smallest absolute Gasteiger partial charge is 0.191 e. The summed E-state index contributed by atoms with van der Waals surface area (Å²) >= 11 is 0. The first kappa shape index (κ1) is 17.8. The van der Waals surface area contributed by atoms with Crippen molar-refractivity contribution in [3.8, 4) is 0 Å². The second kappa shape index (κ2) is 9.71. The maximum Gasteiger partial charge on any atom is 0.191 e. The van der Waals surface area contributed by atoms with Crippen LogP contribution in [0.1, 0.15) is 5.56 Å². The van der Waals surface area contributed by atoms with Crippen LogP contribution in [0, 0.1) is 11.6 Å². The first-order valence-electron chi connectivity index (χ1n) is 5.67. The Morgan fingerprint density at radius 2 is 1.95 bits per heavy atom. The zero-order chi connectivity index (χ0) is 13.4. The van der Waals surface area contributed by atoms with E-state index in [1.54, 1.807) is 13.1 Å². The van der Waals surface area contributed by atoms with E-state index in [9.17, 15) is 8.78 Å². The van der Waals surface area contributed by atoms with Gasteiger partial charge in [-0.25, -0.2) is 8.78 Å². The number of nitrogens with zero attached hydrogens (tertiary/aromatic N) is 1. The van der Waals surface area contributed by atoms with Gasteiger partial charge in [0.25, 0.3) is 0 Å². The summed E-state index contributed by atoms with van der Waals surface area (Å²) in [5, 5.41) is 5.93. The fraction of sp³-hybridized carbons (Fsp3) is 0.308. The number of hydrogen-bond acceptors (Lipinski definition) is 1. The summed E-state index contributed by atoms with van der Waals surface area (Å²) in [6.07, 6.45) is 1.96. The number of halogens is 3. The van der Waals surface area contributed by atoms with E-state index in [2.05, 4.69) is 22.2 Å². The Balaban J connectivity index is 0.00000324. The summed E-state index contributed by atoms with van der Waals surface area (Å²) < 4.78 is 26.7. The van der Waals surface area contributed by atoms with Crippen molar-refractivity contribution in [1.29, 1.82) is 0 Å². The van der Waals surface area contributed by atoms with Crippen LogP contribution in [0.2, 0.25) is 0 Å². The molecule has 1 aromatic rings. The molecule has 0 aliphatic carbocycles. The zero-order valence-electron chi connectivity index (χ0n) is 10.7. The maximum atomic E-state index is 13.3. The third-order valence-corrected chi connectivity index (χ3v) is 2.37. The van der Waals surface area contributed by atoms with Crippen molar-refractivity contribution in [2.45, 2.75) is 6.42 Å². The monoisotopic (exact) mass is 381 g/mol. The molecule has 0 aliphatic heterocycles. The van der Waals surface area contributed by atoms with Crippen LogP contribution in [-0.4, -0.2) is 26.1 Å². The van der Waals surface area contributed by atoms with Crippen LogP contribution in [-0.2, 0) is 6.42 Å². The van der Waals surface area contributed by atoms with Gasteiger partial charge in [0.1, 0.15) is 11.6 Å². The molecule has 2 N–H and O–H groups in total. The molecule has 0 spiro atoms. The molecule has 3 nitrogen and oxygen atoms in total. The molecule has 0 radical (unpaired) electrons. The molecule has 0 atom stereocenters. The highest BCUT2D eigenvalue weighted by molar-refractivity contribution is 14.0. The third-order valence-electron chi connectivity index (χ3n) is 2.37. The number of aliphatic imine (C=N–C) groups is 1. The lowest BCUT2D eigenvalue weighted by Gasteiger charge is -2.11. The molecule has 0 saturated carbocycles. The lowest BCUT2D eigenvalue weighted by atomic mass is 10.1. The van der Waals surface area contributed by atoms with Crippen LogP contribution in [0.3, 0.4) is 0 Å². The quantitative estimate of drug-likeness (QED) is 0.356. The molecule has 6 heteroatoms. The van der Waals surface area contributed by atoms with Crippen molar-refractivity contribution in [3.63, 3.8) is 0 Å². The van der Waals surface area contributed by atoms with Gasteiger partial charge in [-0.2, -0.15) is 0 Å². The number of guanidine groups is 1. The van der Waals surface area contributed by atoms with Crippen LogP contribution in [0.25, 0.3) is 0 Å². The Kier molecular flexibility index (Phi) is 9.11. The predicted octanol–water partition coefficient (Wildman–Crippen LogP) is 2.48. The van der Waals surface area contributed by atoms with E-state index in [1.807, 2.05) is 0 Å². The van der Waals surface area contributed by atoms with Crippen molar-refractivity contribution < 1.29 is 8.78 Å². The van der Waals surface area contributed by atoms with Crippen molar-refractivity contribution >= 4 is 29.9 Å². The van der Waals surface area contributed by atoms with Crippen LogP contribution in [0.5, 0.6) is 0 Å². The van der Waals surface area contributed by atoms with Crippen LogP contribution in [0.15, 0.2) is 35.8 Å². The van der Waals surface area contributed by atoms with Gasteiger partial charge in [0, 0.05) is 25.7 Å². The zero-order valence-corrected chi connectivity index (χ0v) is 13.1. The van der Waals surface area contributed by atoms with Gasteiger partial charge in [0.2, 0.25) is 0 Å². The average Bonchev–Trinajstić information content (AvgIpc) is 2.36. The van der Waals surface area contributed by atoms with Crippen LogP contribution < -0.4 is 10.6 Å². The molecule has 1 rings (SSSR count). The minimum absolute atomic E-state index is 0. The topological polar surface area (TPSA) is 36.4 Å². The molecule has 0 aromatic heterocycles. The molecule has 0 unspecified atom stereocenters. The van der Waals surface area contributed by atoms with Gasteiger partial charge in [-0.05, 0) is 18.6 Å². The van der Waals surface area contributed by atoms with Crippen molar-refractivity contribution in [2.75, 3.05) is 20.1 Å². The Bertz CT molecular complexity index is 416. The van der Waals surface area contributed by atoms with E-state index in [0.717, 1.165) is 0 Å². The first-order chi connectivity index (χ1) is 8.69. The molecule has 0 amide bonds. The number of benzene rings is 1. The molecule has 0 bridgehead atoms. The Labute approximate surface area is 129 Å². The van der Waals surface area contributed by atoms with Gasteiger partial charge >= 0.3 is 0 Å². The highest BCUT2D eigenvalue weighted by atomic mass is 127. The first-order valence-corrected chi connectivity index (χ1v) is 5.67. The lowest BCUT2D eigenvalue weighted by Crippen LogP contribution is -2.38. The van der Waals surface area contributed by atoms with Gasteiger partial charge in [-0.3, -0.25) is 4.99 Å². The van der Waals surface area contributed by atoms with Crippen molar-refractivity contribution in [2.24, 2.45) is 4.99 Å². The maximum absolute atomic E-state index is 13.3. The second-order valence-corrected chi connectivity index (χ2v) is 3.62. The van der Waals surface area contributed by atoms with Crippen molar-refractivity contribution in [3.05, 3.63) is 48.1 Å². The third kappa shape index (κ3) is 6.00. The summed E-state index contributed by atoms with van der Waals surface area (Å²) in [5.74, 6) is -0.469. The second-order valence-electron chi connectivity index (χ2n) is 3.62. The van der Waals surface area contributed by atoms with E-state index >= 15 is 0 Å². The minimum Gasteiger partial charge on any atom is -0.356 e. The molecular weight excluding hydrogens is 363 g/mol. The molecular formula is C13H18F2IN3. The molecule has 1 aromatic carbocycles. The number of hydrogen-bond donors (Lipinski definition) is 2. The van der Waals surface area contributed by atoms with E-state index in [0.29, 0.717) is 19.0 Å². The van der Waals surface area contributed by atoms with Gasteiger partial charge in [-0.15, -0.1) is 30.6 Å². The van der Waals surface area contributed by atoms with Gasteiger partial charge in [-0.1, -0.05) is 12.1 Å². The Hall–Kier alpha value is -1.18. The summed E-state index contributed by atoms with van der Waals surface area (Å²) in [7, 11) is 1.63. The summed E-state index contributed by atoms with van der Waals surface area (Å²) in [5.41, 5.74) is 0.0872. The standard InChI is InChI=1S/C13H17F2N3.HI/c1-3-8-17-13(16-2)18-9-7-10-11(14)5-4-6-12(10)15;/h3-6H,1,7-9H2,2H3,(H2,16,17,18);1H. The highest BCUT2D eigenvalue weighted by Crippen LogP contribution is 2.11. The van der Waals surface area contributed by atoms with E-state index in [-0.39, 0.29) is 36.0 Å². The van der Waals surface area contributed by atoms with Gasteiger partial charge < -0.3 is 10.6 Å². The predicted molar refractivity (Wildman–Crippen MR) is 85.0 cm³/mol. The highest BCUT2D eigenvalue weighted by Gasteiger charge is 2.07. The molecule has 19 heavy (non-hydrogen) atoms. The van der Waals surface area contributed by atoms with E-state index in [1.165, 1.54) is 18.2 Å². The summed E-state index contributed by atoms with van der Waals surface area (Å²) in [6.45, 7) is 4.55. The van der Waals surface area contributed by atoms with Crippen molar-refractivity contribution in [1.82, 2.24) is 10.6 Å². The molecule has 0 aliphatic rings. The van der Waals surface area contributed by atoms with Gasteiger partial charge in [0.05, 0.1) is 0 Å². The normalized spacial score (nSPS) is 10.6. The fourth-order valence-electron chi connectivity index (χ4n) is 1.47. The average molecular weight is 381 g/mol. The van der Waals surface area contributed by atoms with Crippen LogP contribution >= 0.6 is 24.0 Å². The molecule has 0 heterocycles.